The quantitative estimate of drug-likeness (QED) is 0.759. The third-order valence-electron chi connectivity index (χ3n) is 4.25. The third-order valence-corrected chi connectivity index (χ3v) is 6.22. The van der Waals surface area contributed by atoms with E-state index in [0.717, 1.165) is 51.4 Å². The van der Waals surface area contributed by atoms with Gasteiger partial charge in [-0.15, -0.1) is 0 Å². The zero-order valence-electron chi connectivity index (χ0n) is 11.5. The molecule has 0 spiro atoms. The van der Waals surface area contributed by atoms with Crippen LogP contribution in [0, 0.1) is 5.41 Å². The second-order valence-corrected chi connectivity index (χ2v) is 8.01. The second kappa shape index (κ2) is 6.30. The molecule has 2 aliphatic rings. The van der Waals surface area contributed by atoms with Crippen LogP contribution in [-0.2, 0) is 14.8 Å². The maximum atomic E-state index is 11.5. The van der Waals surface area contributed by atoms with Crippen LogP contribution in [-0.4, -0.2) is 75.6 Å². The fourth-order valence-corrected chi connectivity index (χ4v) is 4.11. The molecule has 0 aromatic rings. The van der Waals surface area contributed by atoms with Crippen molar-refractivity contribution in [3.63, 3.8) is 0 Å². The number of thiol groups is 1. The molecule has 0 saturated carbocycles. The van der Waals surface area contributed by atoms with Gasteiger partial charge >= 0.3 is 0 Å². The lowest BCUT2D eigenvalue weighted by molar-refractivity contribution is 0.00320. The monoisotopic (exact) mass is 308 g/mol. The summed E-state index contributed by atoms with van der Waals surface area (Å²) in [5, 5.41) is 0. The van der Waals surface area contributed by atoms with Crippen molar-refractivity contribution >= 4 is 22.7 Å². The average molecular weight is 308 g/mol. The number of rotatable bonds is 4. The molecule has 5 nitrogen and oxygen atoms in total. The van der Waals surface area contributed by atoms with E-state index in [-0.39, 0.29) is 5.41 Å². The van der Waals surface area contributed by atoms with Gasteiger partial charge in [0.2, 0.25) is 10.0 Å². The van der Waals surface area contributed by atoms with Gasteiger partial charge in [0, 0.05) is 45.9 Å². The molecule has 0 bridgehead atoms. The van der Waals surface area contributed by atoms with Crippen molar-refractivity contribution in [2.75, 3.05) is 57.9 Å². The summed E-state index contributed by atoms with van der Waals surface area (Å²) in [5.41, 5.74) is 0.245. The summed E-state index contributed by atoms with van der Waals surface area (Å²) < 4.78 is 30.0. The Morgan fingerprint density at radius 2 is 1.74 bits per heavy atom. The number of piperazine rings is 1. The molecule has 2 aliphatic heterocycles. The molecule has 19 heavy (non-hydrogen) atoms. The molecule has 0 atom stereocenters. The molecule has 2 heterocycles. The first-order valence-corrected chi connectivity index (χ1v) is 9.29. The van der Waals surface area contributed by atoms with Gasteiger partial charge in [0.05, 0.1) is 6.26 Å². The first-order valence-electron chi connectivity index (χ1n) is 6.81. The number of ether oxygens (including phenoxy) is 1. The molecule has 7 heteroatoms. The van der Waals surface area contributed by atoms with Gasteiger partial charge in [0.15, 0.2) is 0 Å². The number of hydrogen-bond donors (Lipinski definition) is 1. The van der Waals surface area contributed by atoms with Gasteiger partial charge < -0.3 is 9.64 Å². The zero-order chi connectivity index (χ0) is 13.9. The Hall–Kier alpha value is 0.180. The van der Waals surface area contributed by atoms with Crippen molar-refractivity contribution in [2.45, 2.75) is 12.8 Å². The normalized spacial score (nSPS) is 26.4. The lowest BCUT2D eigenvalue weighted by Crippen LogP contribution is -2.52. The molecule has 2 saturated heterocycles. The molecule has 0 aromatic heterocycles. The number of hydrogen-bond acceptors (Lipinski definition) is 5. The summed E-state index contributed by atoms with van der Waals surface area (Å²) in [5.74, 6) is 0.878. The highest BCUT2D eigenvalue weighted by Gasteiger charge is 2.34. The van der Waals surface area contributed by atoms with Crippen LogP contribution in [0.15, 0.2) is 0 Å². The highest BCUT2D eigenvalue weighted by atomic mass is 32.2. The van der Waals surface area contributed by atoms with E-state index >= 15 is 0 Å². The summed E-state index contributed by atoms with van der Waals surface area (Å²) in [4.78, 5) is 2.38. The summed E-state index contributed by atoms with van der Waals surface area (Å²) in [6.45, 7) is 5.52. The molecule has 0 aliphatic carbocycles. The highest BCUT2D eigenvalue weighted by Crippen LogP contribution is 2.33. The predicted octanol–water partition coefficient (Wildman–Crippen LogP) is 0.290. The molecule has 2 fully saturated rings. The molecule has 0 amide bonds. The second-order valence-electron chi connectivity index (χ2n) is 5.71. The lowest BCUT2D eigenvalue weighted by atomic mass is 9.81. The summed E-state index contributed by atoms with van der Waals surface area (Å²) in [7, 11) is -3.03. The summed E-state index contributed by atoms with van der Waals surface area (Å²) in [6, 6.07) is 0. The Kier molecular flexibility index (Phi) is 5.16. The SMILES string of the molecule is CS(=O)(=O)N1CCN(CC2(CS)CCOCC2)CC1. The standard InChI is InChI=1S/C12H24N2O3S2/c1-19(15,16)14-6-4-13(5-7-14)10-12(11-18)2-8-17-9-3-12/h18H,2-11H2,1H3. The van der Waals surface area contributed by atoms with Gasteiger partial charge in [-0.25, -0.2) is 8.42 Å². The molecule has 2 rings (SSSR count). The van der Waals surface area contributed by atoms with Crippen molar-refractivity contribution < 1.29 is 13.2 Å². The van der Waals surface area contributed by atoms with Gasteiger partial charge in [0.25, 0.3) is 0 Å². The van der Waals surface area contributed by atoms with E-state index in [1.165, 1.54) is 6.26 Å². The molecular weight excluding hydrogens is 284 g/mol. The van der Waals surface area contributed by atoms with Gasteiger partial charge in [-0.1, -0.05) is 0 Å². The summed E-state index contributed by atoms with van der Waals surface area (Å²) >= 11 is 4.52. The maximum Gasteiger partial charge on any atom is 0.211 e. The van der Waals surface area contributed by atoms with Crippen molar-refractivity contribution in [3.8, 4) is 0 Å². The molecule has 0 aromatic carbocycles. The van der Waals surface area contributed by atoms with E-state index in [4.69, 9.17) is 4.74 Å². The van der Waals surface area contributed by atoms with Gasteiger partial charge in [0.1, 0.15) is 0 Å². The highest BCUT2D eigenvalue weighted by molar-refractivity contribution is 7.88. The molecule has 112 valence electrons. The number of sulfonamides is 1. The minimum absolute atomic E-state index is 0.245. The van der Waals surface area contributed by atoms with E-state index < -0.39 is 10.0 Å². The van der Waals surface area contributed by atoms with Crippen LogP contribution in [0.4, 0.5) is 0 Å². The van der Waals surface area contributed by atoms with Crippen LogP contribution in [0.25, 0.3) is 0 Å². The van der Waals surface area contributed by atoms with E-state index in [9.17, 15) is 8.42 Å². The average Bonchev–Trinajstić information content (AvgIpc) is 2.39. The largest absolute Gasteiger partial charge is 0.381 e. The van der Waals surface area contributed by atoms with Crippen molar-refractivity contribution in [2.24, 2.45) is 5.41 Å². The summed E-state index contributed by atoms with van der Waals surface area (Å²) in [6.07, 6.45) is 3.40. The van der Waals surface area contributed by atoms with Crippen LogP contribution in [0.2, 0.25) is 0 Å². The van der Waals surface area contributed by atoms with Crippen LogP contribution in [0.5, 0.6) is 0 Å². The number of nitrogens with zero attached hydrogens (tertiary/aromatic N) is 2. The van der Waals surface area contributed by atoms with Crippen molar-refractivity contribution in [1.29, 1.82) is 0 Å². The van der Waals surface area contributed by atoms with Crippen LogP contribution in [0.3, 0.4) is 0 Å². The smallest absolute Gasteiger partial charge is 0.211 e. The molecule has 0 radical (unpaired) electrons. The van der Waals surface area contributed by atoms with E-state index in [1.54, 1.807) is 4.31 Å². The Balaban J connectivity index is 1.88. The third kappa shape index (κ3) is 4.07. The Morgan fingerprint density at radius 3 is 2.21 bits per heavy atom. The fraction of sp³-hybridized carbons (Fsp3) is 1.00. The molecule has 0 unspecified atom stereocenters. The van der Waals surface area contributed by atoms with Crippen LogP contribution < -0.4 is 0 Å². The van der Waals surface area contributed by atoms with Crippen molar-refractivity contribution in [1.82, 2.24) is 9.21 Å². The lowest BCUT2D eigenvalue weighted by Gasteiger charge is -2.42. The van der Waals surface area contributed by atoms with Gasteiger partial charge in [-0.05, 0) is 24.0 Å². The first-order chi connectivity index (χ1) is 8.95. The fourth-order valence-electron chi connectivity index (χ4n) is 2.86. The van der Waals surface area contributed by atoms with Gasteiger partial charge in [-0.3, -0.25) is 0 Å². The zero-order valence-corrected chi connectivity index (χ0v) is 13.3. The minimum atomic E-state index is -3.03. The topological polar surface area (TPSA) is 49.9 Å². The van der Waals surface area contributed by atoms with Crippen LogP contribution in [0.1, 0.15) is 12.8 Å². The van der Waals surface area contributed by atoms with Crippen LogP contribution >= 0.6 is 12.6 Å². The van der Waals surface area contributed by atoms with E-state index in [0.29, 0.717) is 13.1 Å². The Bertz CT molecular complexity index is 386. The molecular formula is C12H24N2O3S2. The predicted molar refractivity (Wildman–Crippen MR) is 79.2 cm³/mol. The van der Waals surface area contributed by atoms with E-state index in [1.807, 2.05) is 0 Å². The first kappa shape index (κ1) is 15.6. The van der Waals surface area contributed by atoms with E-state index in [2.05, 4.69) is 17.5 Å². The van der Waals surface area contributed by atoms with Gasteiger partial charge in [-0.2, -0.15) is 16.9 Å². The molecule has 0 N–H and O–H groups in total. The maximum absolute atomic E-state index is 11.5. The minimum Gasteiger partial charge on any atom is -0.381 e. The van der Waals surface area contributed by atoms with Crippen molar-refractivity contribution in [3.05, 3.63) is 0 Å². The Morgan fingerprint density at radius 1 is 1.16 bits per heavy atom. The Labute approximate surface area is 121 Å².